The molecule has 2 heterocycles. The van der Waals surface area contributed by atoms with E-state index in [1.807, 2.05) is 0 Å². The summed E-state index contributed by atoms with van der Waals surface area (Å²) in [5, 5.41) is 12.3. The first-order valence-electron chi connectivity index (χ1n) is 8.68. The van der Waals surface area contributed by atoms with Crippen molar-refractivity contribution in [2.45, 2.75) is 56.8 Å². The van der Waals surface area contributed by atoms with E-state index < -0.39 is 17.8 Å². The van der Waals surface area contributed by atoms with Crippen LogP contribution in [0.2, 0.25) is 0 Å². The van der Waals surface area contributed by atoms with Gasteiger partial charge in [0.15, 0.2) is 0 Å². The number of carboxylic acids is 1. The summed E-state index contributed by atoms with van der Waals surface area (Å²) in [4.78, 5) is 17.3. The van der Waals surface area contributed by atoms with Crippen LogP contribution in [0.5, 0.6) is 0 Å². The Morgan fingerprint density at radius 3 is 2.48 bits per heavy atom. The maximum absolute atomic E-state index is 13.0. The van der Waals surface area contributed by atoms with Gasteiger partial charge in [0.25, 0.3) is 0 Å². The Labute approximate surface area is 144 Å². The van der Waals surface area contributed by atoms with Crippen LogP contribution in [-0.2, 0) is 6.18 Å². The summed E-state index contributed by atoms with van der Waals surface area (Å²) < 4.78 is 38.9. The third-order valence-electron chi connectivity index (χ3n) is 5.08. The zero-order valence-corrected chi connectivity index (χ0v) is 13.9. The normalized spacial score (nSPS) is 25.1. The van der Waals surface area contributed by atoms with Gasteiger partial charge in [0.1, 0.15) is 17.1 Å². The van der Waals surface area contributed by atoms with Gasteiger partial charge in [-0.25, -0.2) is 9.78 Å². The zero-order chi connectivity index (χ0) is 18.0. The fourth-order valence-corrected chi connectivity index (χ4v) is 3.87. The minimum absolute atomic E-state index is 0.0825. The van der Waals surface area contributed by atoms with Crippen molar-refractivity contribution in [1.29, 1.82) is 0 Å². The molecule has 1 saturated carbocycles. The summed E-state index contributed by atoms with van der Waals surface area (Å²) in [6.07, 6.45) is 1.49. The molecule has 5 nitrogen and oxygen atoms in total. The van der Waals surface area contributed by atoms with E-state index in [0.29, 0.717) is 6.07 Å². The van der Waals surface area contributed by atoms with Gasteiger partial charge in [0.2, 0.25) is 0 Å². The van der Waals surface area contributed by atoms with Gasteiger partial charge in [-0.2, -0.15) is 13.2 Å². The van der Waals surface area contributed by atoms with Crippen LogP contribution in [0, 0.1) is 0 Å². The van der Waals surface area contributed by atoms with Crippen molar-refractivity contribution in [3.05, 3.63) is 23.4 Å². The van der Waals surface area contributed by atoms with Gasteiger partial charge >= 0.3 is 12.1 Å². The van der Waals surface area contributed by atoms with Gasteiger partial charge in [0.05, 0.1) is 0 Å². The number of likely N-dealkylation sites (tertiary alicyclic amines) is 1. The molecular formula is C17H22F3N3O2. The molecule has 0 bridgehead atoms. The van der Waals surface area contributed by atoms with Crippen molar-refractivity contribution >= 4 is 11.8 Å². The molecule has 0 amide bonds. The van der Waals surface area contributed by atoms with Crippen LogP contribution >= 0.6 is 0 Å². The molecule has 0 spiro atoms. The highest BCUT2D eigenvalue weighted by Crippen LogP contribution is 2.32. The predicted octanol–water partition coefficient (Wildman–Crippen LogP) is 3.62. The molecule has 2 fully saturated rings. The van der Waals surface area contributed by atoms with Crippen LogP contribution in [0.4, 0.5) is 19.0 Å². The van der Waals surface area contributed by atoms with Gasteiger partial charge in [0, 0.05) is 12.1 Å². The third-order valence-corrected chi connectivity index (χ3v) is 5.08. The number of carbonyl (C=O) groups is 1. The van der Waals surface area contributed by atoms with Crippen molar-refractivity contribution < 1.29 is 23.1 Å². The van der Waals surface area contributed by atoms with Gasteiger partial charge in [-0.3, -0.25) is 4.90 Å². The van der Waals surface area contributed by atoms with E-state index in [9.17, 15) is 23.1 Å². The fraction of sp³-hybridized carbons (Fsp3) is 0.647. The predicted molar refractivity (Wildman–Crippen MR) is 86.7 cm³/mol. The zero-order valence-electron chi connectivity index (χ0n) is 13.9. The summed E-state index contributed by atoms with van der Waals surface area (Å²) in [5.41, 5.74) is -1.30. The second-order valence-corrected chi connectivity index (χ2v) is 6.74. The molecule has 1 saturated heterocycles. The summed E-state index contributed by atoms with van der Waals surface area (Å²) in [6.45, 7) is 1.98. The monoisotopic (exact) mass is 357 g/mol. The molecule has 1 aromatic heterocycles. The first-order valence-corrected chi connectivity index (χ1v) is 8.68. The van der Waals surface area contributed by atoms with Crippen molar-refractivity contribution in [3.8, 4) is 0 Å². The number of nitrogens with zero attached hydrogens (tertiary/aromatic N) is 2. The highest BCUT2D eigenvalue weighted by Gasteiger charge is 2.35. The fourth-order valence-electron chi connectivity index (χ4n) is 3.87. The van der Waals surface area contributed by atoms with Crippen molar-refractivity contribution in [2.24, 2.45) is 0 Å². The number of aromatic carboxylic acids is 1. The lowest BCUT2D eigenvalue weighted by atomic mass is 9.89. The molecule has 1 aliphatic carbocycles. The largest absolute Gasteiger partial charge is 0.478 e. The van der Waals surface area contributed by atoms with Gasteiger partial charge in [-0.15, -0.1) is 0 Å². The molecule has 3 rings (SSSR count). The first kappa shape index (κ1) is 18.0. The Balaban J connectivity index is 1.87. The molecule has 0 radical (unpaired) electrons. The van der Waals surface area contributed by atoms with E-state index in [4.69, 9.17) is 0 Å². The van der Waals surface area contributed by atoms with Crippen molar-refractivity contribution in [3.63, 3.8) is 0 Å². The van der Waals surface area contributed by atoms with Crippen LogP contribution in [0.1, 0.15) is 54.6 Å². The molecule has 138 valence electrons. The molecule has 8 heteroatoms. The molecule has 0 aromatic carbocycles. The standard InChI is InChI=1S/C17H22F3N3O2/c18-17(19,20)14-8-7-11(16(24)25)15(22-14)21-12-5-1-2-6-13(12)23-9-3-4-10-23/h7-8,12-13H,1-6,9-10H2,(H,21,22)(H,24,25)/t12-,13-/m0/s1. The number of nitrogens with one attached hydrogen (secondary N) is 1. The second kappa shape index (κ2) is 7.19. The number of aromatic nitrogens is 1. The molecule has 2 N–H and O–H groups in total. The lowest BCUT2D eigenvalue weighted by Crippen LogP contribution is -2.48. The second-order valence-electron chi connectivity index (χ2n) is 6.74. The average Bonchev–Trinajstić information content (AvgIpc) is 3.08. The minimum atomic E-state index is -4.60. The highest BCUT2D eigenvalue weighted by atomic mass is 19.4. The number of halogens is 3. The number of anilines is 1. The lowest BCUT2D eigenvalue weighted by Gasteiger charge is -2.38. The first-order chi connectivity index (χ1) is 11.9. The summed E-state index contributed by atoms with van der Waals surface area (Å²) in [5.74, 6) is -1.46. The molecule has 1 aliphatic heterocycles. The highest BCUT2D eigenvalue weighted by molar-refractivity contribution is 5.93. The van der Waals surface area contributed by atoms with E-state index in [-0.39, 0.29) is 23.5 Å². The molecule has 0 unspecified atom stereocenters. The van der Waals surface area contributed by atoms with Crippen molar-refractivity contribution in [2.75, 3.05) is 18.4 Å². The van der Waals surface area contributed by atoms with Crippen LogP contribution in [0.25, 0.3) is 0 Å². The Kier molecular flexibility index (Phi) is 5.17. The van der Waals surface area contributed by atoms with E-state index >= 15 is 0 Å². The van der Waals surface area contributed by atoms with Crippen LogP contribution < -0.4 is 5.32 Å². The maximum atomic E-state index is 13.0. The van der Waals surface area contributed by atoms with Crippen molar-refractivity contribution in [1.82, 2.24) is 9.88 Å². The van der Waals surface area contributed by atoms with E-state index in [0.717, 1.165) is 57.7 Å². The molecule has 25 heavy (non-hydrogen) atoms. The smallest absolute Gasteiger partial charge is 0.433 e. The number of carboxylic acid groups (broad SMARTS) is 1. The number of hydrogen-bond acceptors (Lipinski definition) is 4. The molecule has 2 atom stereocenters. The third kappa shape index (κ3) is 4.05. The Morgan fingerprint density at radius 1 is 1.16 bits per heavy atom. The molecular weight excluding hydrogens is 335 g/mol. The Bertz CT molecular complexity index is 630. The Morgan fingerprint density at radius 2 is 1.84 bits per heavy atom. The SMILES string of the molecule is O=C(O)c1ccc(C(F)(F)F)nc1N[C@H]1CCCC[C@@H]1N1CCCC1. The van der Waals surface area contributed by atoms with E-state index in [2.05, 4.69) is 15.2 Å². The summed E-state index contributed by atoms with van der Waals surface area (Å²) >= 11 is 0. The number of hydrogen-bond donors (Lipinski definition) is 2. The van der Waals surface area contributed by atoms with Gasteiger partial charge < -0.3 is 10.4 Å². The molecule has 2 aliphatic rings. The van der Waals surface area contributed by atoms with Gasteiger partial charge in [-0.1, -0.05) is 12.8 Å². The minimum Gasteiger partial charge on any atom is -0.478 e. The lowest BCUT2D eigenvalue weighted by molar-refractivity contribution is -0.141. The quantitative estimate of drug-likeness (QED) is 0.862. The summed E-state index contributed by atoms with van der Waals surface area (Å²) in [7, 11) is 0. The van der Waals surface area contributed by atoms with Crippen LogP contribution in [-0.4, -0.2) is 46.1 Å². The maximum Gasteiger partial charge on any atom is 0.433 e. The molecule has 1 aromatic rings. The van der Waals surface area contributed by atoms with Crippen LogP contribution in [0.3, 0.4) is 0 Å². The van der Waals surface area contributed by atoms with Gasteiger partial charge in [-0.05, 0) is 50.9 Å². The number of rotatable bonds is 4. The Hall–Kier alpha value is -1.83. The van der Waals surface area contributed by atoms with E-state index in [1.165, 1.54) is 0 Å². The topological polar surface area (TPSA) is 65.5 Å². The van der Waals surface area contributed by atoms with Crippen LogP contribution in [0.15, 0.2) is 12.1 Å². The number of pyridine rings is 1. The van der Waals surface area contributed by atoms with E-state index in [1.54, 1.807) is 0 Å². The number of alkyl halides is 3. The summed E-state index contributed by atoms with van der Waals surface area (Å²) in [6, 6.07) is 1.83. The average molecular weight is 357 g/mol.